The molecule has 0 fully saturated rings. The number of thioether (sulfide) groups is 1. The monoisotopic (exact) mass is 1790 g/mol. The van der Waals surface area contributed by atoms with E-state index in [-0.39, 0.29) is 108 Å². The average molecular weight is 1790 g/mol. The number of aliphatic carboxylic acids is 1. The Hall–Kier alpha value is -11.9. The fourth-order valence-electron chi connectivity index (χ4n) is 12.7. The molecule has 0 spiro atoms. The highest BCUT2D eigenvalue weighted by Gasteiger charge is 2.40. The fraction of sp³-hybridized carbons (Fsp3) is 0.598. The molecule has 0 aliphatic rings. The van der Waals surface area contributed by atoms with Crippen LogP contribution in [0, 0.1) is 23.2 Å². The molecule has 0 aliphatic carbocycles. The zero-order valence-electron chi connectivity index (χ0n) is 73.2. The van der Waals surface area contributed by atoms with Crippen molar-refractivity contribution >= 4 is 118 Å². The fourth-order valence-corrected chi connectivity index (χ4v) is 13.2. The van der Waals surface area contributed by atoms with Gasteiger partial charge in [0, 0.05) is 44.1 Å². The summed E-state index contributed by atoms with van der Waals surface area (Å²) in [6.07, 6.45) is 2.20. The quantitative estimate of drug-likeness (QED) is 0.0143. The van der Waals surface area contributed by atoms with Gasteiger partial charge in [-0.05, 0) is 139 Å². The van der Waals surface area contributed by atoms with E-state index in [0.717, 1.165) is 0 Å². The average Bonchev–Trinajstić information content (AvgIpc) is 0.970. The number of hydrogen-bond donors (Lipinski definition) is 25. The Bertz CT molecular complexity index is 4080. The van der Waals surface area contributed by atoms with E-state index in [0.29, 0.717) is 30.4 Å². The molecule has 1 aromatic heterocycles. The highest BCUT2D eigenvalue weighted by atomic mass is 32.2. The maximum atomic E-state index is 15.0. The lowest BCUT2D eigenvalue weighted by atomic mass is 9.96. The molecule has 126 heavy (non-hydrogen) atoms. The molecule has 0 radical (unpaired) electrons. The van der Waals surface area contributed by atoms with Gasteiger partial charge in [0.05, 0.1) is 18.9 Å². The molecule has 16 amide bonds. The highest BCUT2D eigenvalue weighted by Crippen LogP contribution is 2.17. The molecule has 1 heterocycles. The van der Waals surface area contributed by atoms with Gasteiger partial charge in [0.15, 0.2) is 5.96 Å². The van der Waals surface area contributed by atoms with E-state index in [9.17, 15) is 82.1 Å². The van der Waals surface area contributed by atoms with Crippen molar-refractivity contribution in [1.29, 1.82) is 5.41 Å². The zero-order chi connectivity index (χ0) is 94.4. The van der Waals surface area contributed by atoms with Crippen LogP contribution >= 0.6 is 11.8 Å². The summed E-state index contributed by atoms with van der Waals surface area (Å²) >= 11 is 1.30. The van der Waals surface area contributed by atoms with E-state index >= 15 is 9.59 Å². The third-order valence-electron chi connectivity index (χ3n) is 20.4. The standard InChI is InChI=1S/C82H132N24O19S/c1-11-45(6)66(106-76(119)58(38-50-25-16-13-17-26-50)102-79(122)65(44(4)5)105-67(110)46(7)93-69(112)55(32-36-126-10)97-72(115)54(30-31-61(85)108)98-78(121)64(43(2)3)104-68(111)47(8)94-77(120)63(87)48(9)107)80(123)103-59(39-51-41-90-42-92-51)74(117)101-60(40-62(86)109)75(118)100-57(37-49-23-14-12-15-24-49)73(116)96-52(27-18-20-33-83)70(113)95-53(29-22-35-91-82(88)89)71(114)99-56(81(124)125)28-19-21-34-84/h12-17,23-26,41-48,52-60,63-66,107H,11,18-22,27-40,83-84,87H2,1-10H3,(H2,85,108)(H2,86,109)(H,90,92)(H,93,112)(H,94,120)(H,95,113)(H,96,116)(H,97,115)(H,98,121)(H,99,114)(H,100,118)(H,101,117)(H,102,122)(H,103,123)(H,104,111)(H,105,110)(H,106,119)(H,124,125)(H4,88,89,91)/t45-,46+,47-,48+,52-,53-,54-,55-,56-,57-,58-,59-,60-,63-,64-,65-,66-/m0/s1. The number of H-pyrrole nitrogens is 1. The molecule has 700 valence electrons. The van der Waals surface area contributed by atoms with Gasteiger partial charge in [0.25, 0.3) is 0 Å². The second-order valence-corrected chi connectivity index (χ2v) is 32.6. The van der Waals surface area contributed by atoms with E-state index in [1.54, 1.807) is 108 Å². The van der Waals surface area contributed by atoms with E-state index < -0.39 is 228 Å². The number of aromatic amines is 1. The number of imidazole rings is 1. The molecule has 0 aliphatic heterocycles. The van der Waals surface area contributed by atoms with Crippen LogP contribution in [0.2, 0.25) is 0 Å². The Morgan fingerprint density at radius 3 is 1.23 bits per heavy atom. The maximum Gasteiger partial charge on any atom is 0.326 e. The number of aliphatic hydroxyl groups is 1. The predicted molar refractivity (Wildman–Crippen MR) is 468 cm³/mol. The van der Waals surface area contributed by atoms with Crippen molar-refractivity contribution in [1.82, 2.24) is 89.7 Å². The number of aromatic nitrogens is 2. The van der Waals surface area contributed by atoms with Crippen molar-refractivity contribution in [2.45, 2.75) is 262 Å². The van der Waals surface area contributed by atoms with Gasteiger partial charge in [0.1, 0.15) is 90.6 Å². The predicted octanol–water partition coefficient (Wildman–Crippen LogP) is -5.17. The van der Waals surface area contributed by atoms with Crippen LogP contribution in [0.1, 0.15) is 163 Å². The number of guanidine groups is 1. The number of carbonyl (C=O) groups is 17. The largest absolute Gasteiger partial charge is 0.480 e. The Morgan fingerprint density at radius 1 is 0.437 bits per heavy atom. The van der Waals surface area contributed by atoms with Crippen molar-refractivity contribution in [3.8, 4) is 0 Å². The smallest absolute Gasteiger partial charge is 0.326 e. The second kappa shape index (κ2) is 56.9. The van der Waals surface area contributed by atoms with Crippen LogP contribution in [0.5, 0.6) is 0 Å². The molecule has 31 N–H and O–H groups in total. The molecule has 17 atom stereocenters. The van der Waals surface area contributed by atoms with Crippen LogP contribution in [0.15, 0.2) is 73.2 Å². The van der Waals surface area contributed by atoms with Gasteiger partial charge < -0.3 is 129 Å². The number of nitrogens with one attached hydrogen (secondary N) is 17. The van der Waals surface area contributed by atoms with Crippen LogP contribution in [0.4, 0.5) is 0 Å². The van der Waals surface area contributed by atoms with E-state index in [2.05, 4.69) is 89.7 Å². The number of hydrogen-bond acceptors (Lipinski definition) is 24. The Kier molecular flexibility index (Phi) is 48.9. The number of amides is 16. The number of unbranched alkanes of at least 4 members (excludes halogenated alkanes) is 2. The first kappa shape index (κ1) is 108. The van der Waals surface area contributed by atoms with Crippen molar-refractivity contribution in [3.05, 3.63) is 90.0 Å². The molecule has 0 unspecified atom stereocenters. The number of carbonyl (C=O) groups excluding carboxylic acids is 16. The number of benzene rings is 2. The third-order valence-corrected chi connectivity index (χ3v) is 21.1. The van der Waals surface area contributed by atoms with Gasteiger partial charge in [-0.25, -0.2) is 9.78 Å². The van der Waals surface area contributed by atoms with Crippen molar-refractivity contribution < 1.29 is 91.7 Å². The maximum absolute atomic E-state index is 15.0. The van der Waals surface area contributed by atoms with Crippen LogP contribution < -0.4 is 114 Å². The normalized spacial score (nSPS) is 15.2. The first-order valence-electron chi connectivity index (χ1n) is 42.1. The summed E-state index contributed by atoms with van der Waals surface area (Å²) in [6.45, 7) is 14.1. The molecule has 2 aromatic carbocycles. The van der Waals surface area contributed by atoms with Crippen LogP contribution in [0.25, 0.3) is 0 Å². The summed E-state index contributed by atoms with van der Waals surface area (Å²) in [6, 6.07) is -5.38. The number of rotatable bonds is 60. The van der Waals surface area contributed by atoms with E-state index in [1.165, 1.54) is 45.1 Å². The lowest BCUT2D eigenvalue weighted by molar-refractivity contribution is -0.142. The van der Waals surface area contributed by atoms with Crippen LogP contribution in [-0.2, 0) is 101 Å². The summed E-state index contributed by atoms with van der Waals surface area (Å²) in [5.41, 5.74) is 35.1. The lowest BCUT2D eigenvalue weighted by Gasteiger charge is -2.30. The minimum absolute atomic E-state index is 0.0155. The summed E-state index contributed by atoms with van der Waals surface area (Å²) in [5, 5.41) is 66.2. The number of carboxylic acids is 1. The van der Waals surface area contributed by atoms with Crippen LogP contribution in [0.3, 0.4) is 0 Å². The summed E-state index contributed by atoms with van der Waals surface area (Å²) < 4.78 is 0. The van der Waals surface area contributed by atoms with E-state index in [1.807, 2.05) is 0 Å². The molecule has 0 saturated carbocycles. The van der Waals surface area contributed by atoms with Gasteiger partial charge in [-0.15, -0.1) is 0 Å². The number of nitrogens with zero attached hydrogens (tertiary/aromatic N) is 1. The minimum atomic E-state index is -1.88. The second-order valence-electron chi connectivity index (χ2n) is 31.6. The Labute approximate surface area is 737 Å². The number of aliphatic hydroxyl groups excluding tert-OH is 1. The van der Waals surface area contributed by atoms with Crippen LogP contribution in [-0.4, -0.2) is 255 Å². The summed E-state index contributed by atoms with van der Waals surface area (Å²) in [4.78, 5) is 244. The topological polar surface area (TPSA) is 720 Å². The Morgan fingerprint density at radius 2 is 0.810 bits per heavy atom. The van der Waals surface area contributed by atoms with Gasteiger partial charge in [-0.3, -0.25) is 82.1 Å². The SMILES string of the molecule is CC[C@H](C)[C@H](NC(=O)[C@H](Cc1ccccc1)NC(=O)[C@@H](NC(=O)[C@@H](C)NC(=O)[C@H](CCSC)NC(=O)[C@H](CCC(N)=O)NC(=O)[C@@H](NC(=O)[C@H](C)NC(=O)[C@@H](N)[C@@H](C)O)C(C)C)C(C)C)C(=O)N[C@@H](Cc1cnc[nH]1)C(=O)N[C@@H](CC(N)=O)C(=O)N[C@@H](Cc1ccccc1)C(=O)N[C@@H](CCCCN)C(=O)N[C@@H](CCCNC(=N)N)C(=O)N[C@@H](CCCCN)C(=O)O. The molecular weight excluding hydrogens is 1660 g/mol. The molecule has 44 heteroatoms. The Balaban J connectivity index is 1.98. The summed E-state index contributed by atoms with van der Waals surface area (Å²) in [7, 11) is 0. The number of nitrogens with two attached hydrogens (primary N) is 6. The number of primary amides is 2. The zero-order valence-corrected chi connectivity index (χ0v) is 74.0. The molecule has 0 bridgehead atoms. The van der Waals surface area contributed by atoms with Gasteiger partial charge in [-0.1, -0.05) is 109 Å². The minimum Gasteiger partial charge on any atom is -0.480 e. The molecule has 3 rings (SSSR count). The first-order chi connectivity index (χ1) is 59.5. The molecule has 3 aromatic rings. The summed E-state index contributed by atoms with van der Waals surface area (Å²) in [5.74, 6) is -18.5. The molecule has 0 saturated heterocycles. The highest BCUT2D eigenvalue weighted by molar-refractivity contribution is 7.98. The van der Waals surface area contributed by atoms with E-state index in [4.69, 9.17) is 39.8 Å². The van der Waals surface area contributed by atoms with Crippen molar-refractivity contribution in [2.24, 2.45) is 52.2 Å². The van der Waals surface area contributed by atoms with Gasteiger partial charge in [-0.2, -0.15) is 11.8 Å². The van der Waals surface area contributed by atoms with Gasteiger partial charge in [0.2, 0.25) is 94.5 Å². The number of carboxylic acid groups (broad SMARTS) is 1. The van der Waals surface area contributed by atoms with Gasteiger partial charge >= 0.3 is 5.97 Å². The molecule has 43 nitrogen and oxygen atoms in total. The lowest BCUT2D eigenvalue weighted by Crippen LogP contribution is -2.62. The van der Waals surface area contributed by atoms with Crippen molar-refractivity contribution in [3.63, 3.8) is 0 Å². The van der Waals surface area contributed by atoms with Crippen molar-refractivity contribution in [2.75, 3.05) is 31.6 Å². The third kappa shape index (κ3) is 39.5. The molecular formula is C82H132N24O19S. The first-order valence-corrected chi connectivity index (χ1v) is 43.5.